The molecule has 1 aromatic carbocycles. The van der Waals surface area contributed by atoms with E-state index in [0.717, 1.165) is 11.3 Å². The van der Waals surface area contributed by atoms with Gasteiger partial charge in [0.15, 0.2) is 5.11 Å². The molecule has 0 aromatic heterocycles. The van der Waals surface area contributed by atoms with Crippen molar-refractivity contribution in [2.24, 2.45) is 10.8 Å². The molecule has 0 aliphatic heterocycles. The van der Waals surface area contributed by atoms with Gasteiger partial charge in [-0.2, -0.15) is 5.10 Å². The number of nitrogens with two attached hydrogens (primary N) is 1. The summed E-state index contributed by atoms with van der Waals surface area (Å²) in [7, 11) is 1.63. The first-order valence-corrected chi connectivity index (χ1v) is 5.03. The lowest BCUT2D eigenvalue weighted by molar-refractivity contribution is 0.414. The summed E-state index contributed by atoms with van der Waals surface area (Å²) in [6, 6.07) is 7.69. The van der Waals surface area contributed by atoms with Crippen LogP contribution in [0.15, 0.2) is 35.4 Å². The average molecular weight is 235 g/mol. The third kappa shape index (κ3) is 4.10. The van der Waals surface area contributed by atoms with Crippen LogP contribution < -0.4 is 15.9 Å². The van der Waals surface area contributed by atoms with Gasteiger partial charge in [0.25, 0.3) is 0 Å². The molecule has 1 aromatic rings. The highest BCUT2D eigenvalue weighted by Gasteiger charge is 1.94. The van der Waals surface area contributed by atoms with Gasteiger partial charge in [-0.3, -0.25) is 5.43 Å². The van der Waals surface area contributed by atoms with Gasteiger partial charge in [0.1, 0.15) is 5.75 Å². The van der Waals surface area contributed by atoms with Crippen molar-refractivity contribution in [1.29, 1.82) is 0 Å². The third-order valence-corrected chi connectivity index (χ3v) is 1.84. The molecular weight excluding hydrogens is 222 g/mol. The fourth-order valence-electron chi connectivity index (χ4n) is 1.09. The predicted octanol–water partition coefficient (Wildman–Crippen LogP) is 1.53. The zero-order valence-corrected chi connectivity index (χ0v) is 9.70. The van der Waals surface area contributed by atoms with E-state index in [1.807, 2.05) is 30.3 Å². The van der Waals surface area contributed by atoms with E-state index < -0.39 is 0 Å². The summed E-state index contributed by atoms with van der Waals surface area (Å²) in [6.07, 6.45) is 5.21. The van der Waals surface area contributed by atoms with Crippen LogP contribution in [0.25, 0.3) is 6.08 Å². The zero-order valence-electron chi connectivity index (χ0n) is 8.88. The lowest BCUT2D eigenvalue weighted by Gasteiger charge is -2.02. The van der Waals surface area contributed by atoms with Crippen molar-refractivity contribution in [3.8, 4) is 5.75 Å². The van der Waals surface area contributed by atoms with Crippen LogP contribution >= 0.6 is 12.2 Å². The molecule has 0 atom stereocenters. The smallest absolute Gasteiger partial charge is 0.184 e. The molecule has 0 radical (unpaired) electrons. The molecule has 0 aliphatic carbocycles. The second-order valence-electron chi connectivity index (χ2n) is 2.86. The first-order chi connectivity index (χ1) is 7.74. The maximum absolute atomic E-state index is 5.19. The highest BCUT2D eigenvalue weighted by atomic mass is 32.1. The quantitative estimate of drug-likeness (QED) is 0.472. The Hall–Kier alpha value is -1.88. The van der Waals surface area contributed by atoms with Gasteiger partial charge in [0.05, 0.1) is 7.11 Å². The lowest BCUT2D eigenvalue weighted by Crippen LogP contribution is -2.23. The van der Waals surface area contributed by atoms with E-state index in [1.54, 1.807) is 19.4 Å². The number of allylic oxidation sites excluding steroid dienone is 1. The van der Waals surface area contributed by atoms with Gasteiger partial charge in [-0.15, -0.1) is 0 Å². The standard InChI is InChI=1S/C11H13N3OS/c1-15-10-7-3-2-5-9(10)6-4-8-13-14-11(12)16/h2-8H,1H3,(H3,12,14,16)/b6-4+,13-8+. The van der Waals surface area contributed by atoms with Crippen LogP contribution in [0.1, 0.15) is 5.56 Å². The minimum atomic E-state index is 0.141. The summed E-state index contributed by atoms with van der Waals surface area (Å²) in [5, 5.41) is 3.91. The maximum Gasteiger partial charge on any atom is 0.184 e. The average Bonchev–Trinajstić information content (AvgIpc) is 2.29. The van der Waals surface area contributed by atoms with E-state index in [4.69, 9.17) is 10.5 Å². The van der Waals surface area contributed by atoms with Gasteiger partial charge in [0.2, 0.25) is 0 Å². The SMILES string of the molecule is COc1ccccc1/C=C/C=N/NC(N)=S. The number of hydrazone groups is 1. The largest absolute Gasteiger partial charge is 0.496 e. The molecule has 16 heavy (non-hydrogen) atoms. The molecule has 4 nitrogen and oxygen atoms in total. The summed E-state index contributed by atoms with van der Waals surface area (Å²) in [5.41, 5.74) is 8.63. The van der Waals surface area contributed by atoms with Crippen LogP contribution in [0.2, 0.25) is 0 Å². The maximum atomic E-state index is 5.19. The Labute approximate surface area is 99.8 Å². The number of hydrogen-bond acceptors (Lipinski definition) is 3. The molecule has 0 fully saturated rings. The second kappa shape index (κ2) is 6.58. The van der Waals surface area contributed by atoms with Crippen LogP contribution in [0.3, 0.4) is 0 Å². The van der Waals surface area contributed by atoms with E-state index in [2.05, 4.69) is 22.7 Å². The first kappa shape index (κ1) is 12.2. The molecule has 0 unspecified atom stereocenters. The highest BCUT2D eigenvalue weighted by Crippen LogP contribution is 2.18. The molecule has 1 rings (SSSR count). The normalized spacial score (nSPS) is 10.8. The number of nitrogens with zero attached hydrogens (tertiary/aromatic N) is 1. The Morgan fingerprint density at radius 1 is 1.50 bits per heavy atom. The van der Waals surface area contributed by atoms with E-state index in [1.165, 1.54) is 0 Å². The van der Waals surface area contributed by atoms with Crippen molar-refractivity contribution in [2.45, 2.75) is 0 Å². The molecular formula is C11H13N3OS. The van der Waals surface area contributed by atoms with Gasteiger partial charge in [-0.1, -0.05) is 18.2 Å². The van der Waals surface area contributed by atoms with Crippen molar-refractivity contribution in [3.05, 3.63) is 35.9 Å². The number of thiocarbonyl (C=S) groups is 1. The van der Waals surface area contributed by atoms with Crippen LogP contribution in [0, 0.1) is 0 Å². The number of ether oxygens (including phenoxy) is 1. The van der Waals surface area contributed by atoms with Gasteiger partial charge < -0.3 is 10.5 Å². The Kier molecular flexibility index (Phi) is 5.01. The van der Waals surface area contributed by atoms with Gasteiger partial charge in [-0.05, 0) is 30.4 Å². The summed E-state index contributed by atoms with van der Waals surface area (Å²) in [6.45, 7) is 0. The van der Waals surface area contributed by atoms with Crippen LogP contribution in [0.4, 0.5) is 0 Å². The minimum absolute atomic E-state index is 0.141. The molecule has 0 saturated heterocycles. The van der Waals surface area contributed by atoms with Gasteiger partial charge in [-0.25, -0.2) is 0 Å². The lowest BCUT2D eigenvalue weighted by atomic mass is 10.2. The summed E-state index contributed by atoms with van der Waals surface area (Å²) < 4.78 is 5.19. The van der Waals surface area contributed by atoms with E-state index >= 15 is 0 Å². The molecule has 0 aliphatic rings. The number of methoxy groups -OCH3 is 1. The topological polar surface area (TPSA) is 59.6 Å². The molecule has 5 heteroatoms. The van der Waals surface area contributed by atoms with Crippen molar-refractivity contribution in [3.63, 3.8) is 0 Å². The Morgan fingerprint density at radius 2 is 2.25 bits per heavy atom. The molecule has 84 valence electrons. The van der Waals surface area contributed by atoms with E-state index in [0.29, 0.717) is 0 Å². The molecule has 0 bridgehead atoms. The summed E-state index contributed by atoms with van der Waals surface area (Å²) in [5.74, 6) is 0.814. The second-order valence-corrected chi connectivity index (χ2v) is 3.30. The fourth-order valence-corrected chi connectivity index (χ4v) is 1.15. The third-order valence-electron chi connectivity index (χ3n) is 1.75. The summed E-state index contributed by atoms with van der Waals surface area (Å²) in [4.78, 5) is 0. The fraction of sp³-hybridized carbons (Fsp3) is 0.0909. The number of benzene rings is 1. The van der Waals surface area contributed by atoms with E-state index in [9.17, 15) is 0 Å². The van der Waals surface area contributed by atoms with Crippen LogP contribution in [-0.2, 0) is 0 Å². The molecule has 0 heterocycles. The Bertz CT molecular complexity index is 415. The van der Waals surface area contributed by atoms with Crippen molar-refractivity contribution < 1.29 is 4.74 Å². The van der Waals surface area contributed by atoms with Crippen LogP contribution in [-0.4, -0.2) is 18.4 Å². The van der Waals surface area contributed by atoms with Gasteiger partial charge in [0, 0.05) is 11.8 Å². The van der Waals surface area contributed by atoms with Crippen LogP contribution in [0.5, 0.6) is 5.75 Å². The molecule has 3 N–H and O–H groups in total. The molecule has 0 spiro atoms. The monoisotopic (exact) mass is 235 g/mol. The first-order valence-electron chi connectivity index (χ1n) is 4.62. The number of nitrogens with one attached hydrogen (secondary N) is 1. The molecule has 0 saturated carbocycles. The highest BCUT2D eigenvalue weighted by molar-refractivity contribution is 7.80. The Morgan fingerprint density at radius 3 is 2.94 bits per heavy atom. The summed E-state index contributed by atoms with van der Waals surface area (Å²) >= 11 is 4.59. The number of para-hydroxylation sites is 1. The van der Waals surface area contributed by atoms with Crippen molar-refractivity contribution >= 4 is 29.6 Å². The van der Waals surface area contributed by atoms with Crippen molar-refractivity contribution in [2.75, 3.05) is 7.11 Å². The Balaban J connectivity index is 2.62. The van der Waals surface area contributed by atoms with Crippen molar-refractivity contribution in [1.82, 2.24) is 5.43 Å². The van der Waals surface area contributed by atoms with Gasteiger partial charge >= 0.3 is 0 Å². The number of hydrogen-bond donors (Lipinski definition) is 2. The predicted molar refractivity (Wildman–Crippen MR) is 70.4 cm³/mol. The molecule has 0 amide bonds. The van der Waals surface area contributed by atoms with E-state index in [-0.39, 0.29) is 5.11 Å². The zero-order chi connectivity index (χ0) is 11.8. The minimum Gasteiger partial charge on any atom is -0.496 e. The number of rotatable bonds is 4.